The summed E-state index contributed by atoms with van der Waals surface area (Å²) in [7, 11) is 1.52. The lowest BCUT2D eigenvalue weighted by molar-refractivity contribution is -0.117. The Hall–Kier alpha value is -2.34. The zero-order chi connectivity index (χ0) is 16.6. The maximum Gasteiger partial charge on any atom is 0.248 e. The maximum absolute atomic E-state index is 12.4. The van der Waals surface area contributed by atoms with E-state index in [-0.39, 0.29) is 11.8 Å². The van der Waals surface area contributed by atoms with Gasteiger partial charge in [0.1, 0.15) is 5.75 Å². The van der Waals surface area contributed by atoms with Gasteiger partial charge in [-0.05, 0) is 43.7 Å². The minimum atomic E-state index is -0.540. The number of rotatable bonds is 5. The van der Waals surface area contributed by atoms with E-state index in [1.54, 1.807) is 29.5 Å². The Bertz CT molecular complexity index is 769. The van der Waals surface area contributed by atoms with E-state index in [2.05, 4.69) is 24.4 Å². The molecule has 5 nitrogen and oxygen atoms in total. The summed E-state index contributed by atoms with van der Waals surface area (Å²) in [5.41, 5.74) is 6.10. The van der Waals surface area contributed by atoms with E-state index < -0.39 is 5.91 Å². The molecule has 3 rings (SSSR count). The van der Waals surface area contributed by atoms with E-state index in [1.165, 1.54) is 16.9 Å². The topological polar surface area (TPSA) is 81.4 Å². The van der Waals surface area contributed by atoms with Crippen LogP contribution in [-0.4, -0.2) is 18.9 Å². The first-order valence-corrected chi connectivity index (χ1v) is 8.16. The van der Waals surface area contributed by atoms with Crippen molar-refractivity contribution in [3.63, 3.8) is 0 Å². The quantitative estimate of drug-likeness (QED) is 0.884. The van der Waals surface area contributed by atoms with Gasteiger partial charge in [0, 0.05) is 27.2 Å². The highest BCUT2D eigenvalue weighted by molar-refractivity contribution is 7.12. The number of carbonyl (C=O) groups is 2. The summed E-state index contributed by atoms with van der Waals surface area (Å²) < 4.78 is 5.23. The standard InChI is InChI=1S/C17H18N2O3S/c1-9-3-6-15(23-9)11-8-12(11)17(21)19-13-7-10(16(18)20)4-5-14(13)22-2/h3-7,11-12H,8H2,1-2H3,(H2,18,20)(H,19,21)/t11-,12+/m0/s1. The van der Waals surface area contributed by atoms with Crippen LogP contribution in [0.15, 0.2) is 30.3 Å². The number of hydrogen-bond donors (Lipinski definition) is 2. The van der Waals surface area contributed by atoms with E-state index >= 15 is 0 Å². The van der Waals surface area contributed by atoms with Gasteiger partial charge in [0.25, 0.3) is 0 Å². The highest BCUT2D eigenvalue weighted by atomic mass is 32.1. The Morgan fingerprint density at radius 3 is 2.70 bits per heavy atom. The van der Waals surface area contributed by atoms with Crippen molar-refractivity contribution in [2.75, 3.05) is 12.4 Å². The van der Waals surface area contributed by atoms with Gasteiger partial charge < -0.3 is 15.8 Å². The molecule has 0 bridgehead atoms. The van der Waals surface area contributed by atoms with Crippen molar-refractivity contribution in [1.82, 2.24) is 0 Å². The summed E-state index contributed by atoms with van der Waals surface area (Å²) in [4.78, 5) is 26.2. The molecule has 2 amide bonds. The molecule has 1 aromatic heterocycles. The van der Waals surface area contributed by atoms with E-state index in [0.717, 1.165) is 6.42 Å². The molecule has 0 saturated heterocycles. The molecule has 2 atom stereocenters. The molecule has 120 valence electrons. The Kier molecular flexibility index (Phi) is 4.09. The van der Waals surface area contributed by atoms with Gasteiger partial charge in [0.15, 0.2) is 0 Å². The van der Waals surface area contributed by atoms with E-state index in [0.29, 0.717) is 22.9 Å². The van der Waals surface area contributed by atoms with E-state index in [9.17, 15) is 9.59 Å². The highest BCUT2D eigenvalue weighted by Crippen LogP contribution is 2.50. The average Bonchev–Trinajstić information content (AvgIpc) is 3.22. The second-order valence-electron chi connectivity index (χ2n) is 5.67. The maximum atomic E-state index is 12.4. The molecule has 2 aromatic rings. The van der Waals surface area contributed by atoms with Crippen molar-refractivity contribution in [2.45, 2.75) is 19.3 Å². The predicted molar refractivity (Wildman–Crippen MR) is 90.0 cm³/mol. The lowest BCUT2D eigenvalue weighted by atomic mass is 10.1. The van der Waals surface area contributed by atoms with Crippen molar-refractivity contribution in [3.05, 3.63) is 45.6 Å². The monoisotopic (exact) mass is 330 g/mol. The number of primary amides is 1. The van der Waals surface area contributed by atoms with Gasteiger partial charge in [-0.15, -0.1) is 11.3 Å². The first-order valence-electron chi connectivity index (χ1n) is 7.34. The molecule has 1 heterocycles. The first-order chi connectivity index (χ1) is 11.0. The number of nitrogens with one attached hydrogen (secondary N) is 1. The summed E-state index contributed by atoms with van der Waals surface area (Å²) in [6, 6.07) is 8.92. The molecular formula is C17H18N2O3S. The molecule has 1 aliphatic rings. The van der Waals surface area contributed by atoms with Gasteiger partial charge in [0.05, 0.1) is 12.8 Å². The summed E-state index contributed by atoms with van der Waals surface area (Å²) >= 11 is 1.73. The number of anilines is 1. The minimum absolute atomic E-state index is 0.0324. The molecule has 1 aliphatic carbocycles. The van der Waals surface area contributed by atoms with Crippen LogP contribution < -0.4 is 15.8 Å². The second kappa shape index (κ2) is 6.04. The van der Waals surface area contributed by atoms with Crippen LogP contribution in [-0.2, 0) is 4.79 Å². The number of nitrogens with two attached hydrogens (primary N) is 1. The molecule has 1 saturated carbocycles. The van der Waals surface area contributed by atoms with Crippen molar-refractivity contribution < 1.29 is 14.3 Å². The van der Waals surface area contributed by atoms with Crippen LogP contribution in [0.2, 0.25) is 0 Å². The number of aryl methyl sites for hydroxylation is 1. The fourth-order valence-corrected chi connectivity index (χ4v) is 3.69. The summed E-state index contributed by atoms with van der Waals surface area (Å²) in [5.74, 6) is 0.170. The van der Waals surface area contributed by atoms with Gasteiger partial charge in [-0.25, -0.2) is 0 Å². The molecule has 23 heavy (non-hydrogen) atoms. The van der Waals surface area contributed by atoms with Gasteiger partial charge >= 0.3 is 0 Å². The molecule has 1 fully saturated rings. The predicted octanol–water partition coefficient (Wildman–Crippen LogP) is 2.91. The normalized spacial score (nSPS) is 19.2. The number of thiophene rings is 1. The average molecular weight is 330 g/mol. The third kappa shape index (κ3) is 3.22. The Morgan fingerprint density at radius 2 is 2.09 bits per heavy atom. The van der Waals surface area contributed by atoms with E-state index in [1.807, 2.05) is 0 Å². The van der Waals surface area contributed by atoms with Crippen molar-refractivity contribution >= 4 is 28.8 Å². The van der Waals surface area contributed by atoms with Crippen molar-refractivity contribution in [1.29, 1.82) is 0 Å². The highest BCUT2D eigenvalue weighted by Gasteiger charge is 2.44. The van der Waals surface area contributed by atoms with E-state index in [4.69, 9.17) is 10.5 Å². The van der Waals surface area contributed by atoms with Crippen LogP contribution in [0.4, 0.5) is 5.69 Å². The minimum Gasteiger partial charge on any atom is -0.495 e. The molecule has 1 aromatic carbocycles. The summed E-state index contributed by atoms with van der Waals surface area (Å²) in [6.45, 7) is 2.06. The molecular weight excluding hydrogens is 312 g/mol. The Balaban J connectivity index is 1.73. The molecule has 0 spiro atoms. The summed E-state index contributed by atoms with van der Waals surface area (Å²) in [6.07, 6.45) is 0.851. The lowest BCUT2D eigenvalue weighted by Crippen LogP contribution is -2.17. The lowest BCUT2D eigenvalue weighted by Gasteiger charge is -2.11. The molecule has 0 radical (unpaired) electrons. The largest absolute Gasteiger partial charge is 0.495 e. The number of ether oxygens (including phenoxy) is 1. The van der Waals surface area contributed by atoms with Crippen LogP contribution in [0.3, 0.4) is 0 Å². The fourth-order valence-electron chi connectivity index (χ4n) is 2.64. The second-order valence-corrected chi connectivity index (χ2v) is 6.99. The number of hydrogen-bond acceptors (Lipinski definition) is 4. The van der Waals surface area contributed by atoms with Gasteiger partial charge in [-0.2, -0.15) is 0 Å². The third-order valence-electron chi connectivity index (χ3n) is 4.00. The van der Waals surface area contributed by atoms with Crippen LogP contribution in [0.1, 0.15) is 32.5 Å². The number of amides is 2. The summed E-state index contributed by atoms with van der Waals surface area (Å²) in [5, 5.41) is 2.86. The van der Waals surface area contributed by atoms with Gasteiger partial charge in [-0.3, -0.25) is 9.59 Å². The Labute approximate surface area is 138 Å². The smallest absolute Gasteiger partial charge is 0.248 e. The van der Waals surface area contributed by atoms with Crippen molar-refractivity contribution in [2.24, 2.45) is 11.7 Å². The van der Waals surface area contributed by atoms with Gasteiger partial charge in [0.2, 0.25) is 11.8 Å². The molecule has 6 heteroatoms. The van der Waals surface area contributed by atoms with Crippen LogP contribution in [0.25, 0.3) is 0 Å². The fraction of sp³-hybridized carbons (Fsp3) is 0.294. The zero-order valence-electron chi connectivity index (χ0n) is 13.0. The Morgan fingerprint density at radius 1 is 1.30 bits per heavy atom. The van der Waals surface area contributed by atoms with Gasteiger partial charge in [-0.1, -0.05) is 0 Å². The van der Waals surface area contributed by atoms with Crippen molar-refractivity contribution in [3.8, 4) is 5.75 Å². The molecule has 0 unspecified atom stereocenters. The van der Waals surface area contributed by atoms with Crippen LogP contribution in [0.5, 0.6) is 5.75 Å². The zero-order valence-corrected chi connectivity index (χ0v) is 13.8. The molecule has 0 aliphatic heterocycles. The molecule has 3 N–H and O–H groups in total. The number of carbonyl (C=O) groups excluding carboxylic acids is 2. The van der Waals surface area contributed by atoms with Crippen LogP contribution in [0, 0.1) is 12.8 Å². The number of benzene rings is 1. The first kappa shape index (κ1) is 15.6. The SMILES string of the molecule is COc1ccc(C(N)=O)cc1NC(=O)[C@@H]1C[C@@H]1c1ccc(C)s1. The number of methoxy groups -OCH3 is 1. The van der Waals surface area contributed by atoms with Crippen LogP contribution >= 0.6 is 11.3 Å². The third-order valence-corrected chi connectivity index (χ3v) is 5.13.